The summed E-state index contributed by atoms with van der Waals surface area (Å²) in [5.41, 5.74) is 0. The van der Waals surface area contributed by atoms with Crippen LogP contribution in [-0.4, -0.2) is 47.4 Å². The van der Waals surface area contributed by atoms with Crippen molar-refractivity contribution in [2.45, 2.75) is 373 Å². The molecule has 0 aromatic carbocycles. The van der Waals surface area contributed by atoms with E-state index >= 15 is 0 Å². The lowest BCUT2D eigenvalue weighted by atomic mass is 10.0. The largest absolute Gasteiger partial charge is 0.466 e. The molecule has 0 spiro atoms. The molecule has 0 rings (SSSR count). The number of hydrogen-bond acceptors (Lipinski definition) is 5. The first kappa shape index (κ1) is 72.1. The first-order valence-electron chi connectivity index (χ1n) is 33.3. The van der Waals surface area contributed by atoms with Crippen LogP contribution in [0, 0.1) is 0 Å². The summed E-state index contributed by atoms with van der Waals surface area (Å²) in [6.07, 6.45) is 80.7. The van der Waals surface area contributed by atoms with E-state index in [1.54, 1.807) is 6.08 Å². The highest BCUT2D eigenvalue weighted by atomic mass is 16.5. The third kappa shape index (κ3) is 59.3. The van der Waals surface area contributed by atoms with Crippen LogP contribution in [0.25, 0.3) is 0 Å². The predicted octanol–water partition coefficient (Wildman–Crippen LogP) is 21.1. The molecule has 3 N–H and O–H groups in total. The second-order valence-corrected chi connectivity index (χ2v) is 22.8. The molecule has 436 valence electrons. The van der Waals surface area contributed by atoms with Gasteiger partial charge in [0.25, 0.3) is 0 Å². The Hall–Kier alpha value is -1.92. The minimum atomic E-state index is -0.844. The Labute approximate surface area is 462 Å². The van der Waals surface area contributed by atoms with Crippen LogP contribution in [0.4, 0.5) is 0 Å². The third-order valence-corrected chi connectivity index (χ3v) is 15.4. The number of nitrogens with one attached hydrogen (secondary N) is 1. The van der Waals surface area contributed by atoms with Crippen molar-refractivity contribution in [3.8, 4) is 0 Å². The van der Waals surface area contributed by atoms with Crippen molar-refractivity contribution in [3.05, 3.63) is 36.5 Å². The molecular weight excluding hydrogens is 911 g/mol. The predicted molar refractivity (Wildman–Crippen MR) is 324 cm³/mol. The Balaban J connectivity index is 3.39. The van der Waals surface area contributed by atoms with Crippen LogP contribution in [-0.2, 0) is 14.3 Å². The fourth-order valence-corrected chi connectivity index (χ4v) is 10.3. The Morgan fingerprint density at radius 2 is 0.676 bits per heavy atom. The monoisotopic (exact) mass is 1040 g/mol. The van der Waals surface area contributed by atoms with Gasteiger partial charge in [0.15, 0.2) is 0 Å². The molecule has 0 radical (unpaired) electrons. The number of ether oxygens (including phenoxy) is 1. The van der Waals surface area contributed by atoms with Crippen LogP contribution in [0.5, 0.6) is 0 Å². The van der Waals surface area contributed by atoms with Gasteiger partial charge in [-0.2, -0.15) is 0 Å². The lowest BCUT2D eigenvalue weighted by Gasteiger charge is -2.20. The summed E-state index contributed by atoms with van der Waals surface area (Å²) in [5, 5.41) is 23.1. The lowest BCUT2D eigenvalue weighted by Crippen LogP contribution is -2.45. The van der Waals surface area contributed by atoms with Gasteiger partial charge in [0, 0.05) is 12.8 Å². The van der Waals surface area contributed by atoms with Gasteiger partial charge in [0.05, 0.1) is 25.4 Å². The smallest absolute Gasteiger partial charge is 0.305 e. The van der Waals surface area contributed by atoms with Crippen molar-refractivity contribution in [1.82, 2.24) is 5.32 Å². The van der Waals surface area contributed by atoms with E-state index in [1.165, 1.54) is 289 Å². The average Bonchev–Trinajstić information content (AvgIpc) is 3.40. The lowest BCUT2D eigenvalue weighted by molar-refractivity contribution is -0.143. The molecule has 0 aliphatic heterocycles. The summed E-state index contributed by atoms with van der Waals surface area (Å²) in [4.78, 5) is 24.5. The number of rotatable bonds is 62. The number of unbranched alkanes of at least 4 members (excludes halogenated alkanes) is 47. The molecule has 2 atom stereocenters. The fraction of sp³-hybridized carbons (Fsp3) is 0.882. The summed E-state index contributed by atoms with van der Waals surface area (Å²) in [7, 11) is 0. The highest BCUT2D eigenvalue weighted by Gasteiger charge is 2.18. The number of hydrogen-bond donors (Lipinski definition) is 3. The van der Waals surface area contributed by atoms with Crippen molar-refractivity contribution in [2.75, 3.05) is 13.2 Å². The Kier molecular flexibility index (Phi) is 62.0. The summed E-state index contributed by atoms with van der Waals surface area (Å²) in [6, 6.07) is -0.628. The van der Waals surface area contributed by atoms with E-state index in [0.717, 1.165) is 44.9 Å². The molecular formula is C68H129NO5. The van der Waals surface area contributed by atoms with Gasteiger partial charge in [0.2, 0.25) is 5.91 Å². The number of carbonyl (C=O) groups excluding carboxylic acids is 2. The normalized spacial score (nSPS) is 12.8. The van der Waals surface area contributed by atoms with Crippen LogP contribution in [0.15, 0.2) is 36.5 Å². The molecule has 0 heterocycles. The van der Waals surface area contributed by atoms with E-state index in [4.69, 9.17) is 4.74 Å². The van der Waals surface area contributed by atoms with E-state index in [1.807, 2.05) is 6.08 Å². The Morgan fingerprint density at radius 3 is 1.03 bits per heavy atom. The molecule has 6 heteroatoms. The minimum Gasteiger partial charge on any atom is -0.466 e. The highest BCUT2D eigenvalue weighted by molar-refractivity contribution is 5.76. The molecule has 74 heavy (non-hydrogen) atoms. The van der Waals surface area contributed by atoms with Crippen molar-refractivity contribution in [3.63, 3.8) is 0 Å². The number of esters is 1. The topological polar surface area (TPSA) is 95.9 Å². The van der Waals surface area contributed by atoms with Gasteiger partial charge in [-0.15, -0.1) is 0 Å². The van der Waals surface area contributed by atoms with Crippen LogP contribution in [0.1, 0.15) is 361 Å². The summed E-state index contributed by atoms with van der Waals surface area (Å²) in [6.45, 7) is 4.92. The zero-order valence-electron chi connectivity index (χ0n) is 49.8. The van der Waals surface area contributed by atoms with E-state index in [9.17, 15) is 19.8 Å². The molecule has 0 saturated heterocycles. The summed E-state index contributed by atoms with van der Waals surface area (Å²) >= 11 is 0. The van der Waals surface area contributed by atoms with E-state index in [-0.39, 0.29) is 18.5 Å². The van der Waals surface area contributed by atoms with Gasteiger partial charge in [-0.1, -0.05) is 320 Å². The standard InChI is InChI=1S/C68H129NO5/c1-3-5-7-9-11-13-15-17-18-35-38-42-46-50-54-58-62-68(73)74-63-59-55-51-47-43-39-36-33-31-29-27-25-23-21-19-20-22-24-26-28-30-32-34-37-41-45-49-53-57-61-67(72)69-65(64-70)66(71)60-56-52-48-44-40-16-14-12-10-8-6-4-2/h19,21,25,27,56,60,65-66,70-71H,3-18,20,22-24,26,28-55,57-59,61-64H2,1-2H3,(H,69,72)/b21-19-,27-25-,60-56+. The summed E-state index contributed by atoms with van der Waals surface area (Å²) in [5.74, 6) is -0.0535. The maximum absolute atomic E-state index is 12.4. The molecule has 0 aliphatic carbocycles. The van der Waals surface area contributed by atoms with E-state index in [2.05, 4.69) is 43.5 Å². The number of aliphatic hydroxyl groups excluding tert-OH is 2. The number of amides is 1. The molecule has 0 aromatic heterocycles. The number of allylic oxidation sites excluding steroid dienone is 5. The van der Waals surface area contributed by atoms with Gasteiger partial charge in [-0.05, 0) is 64.2 Å². The average molecular weight is 1040 g/mol. The Morgan fingerprint density at radius 1 is 0.378 bits per heavy atom. The van der Waals surface area contributed by atoms with Crippen molar-refractivity contribution in [1.29, 1.82) is 0 Å². The van der Waals surface area contributed by atoms with Crippen LogP contribution in [0.3, 0.4) is 0 Å². The van der Waals surface area contributed by atoms with E-state index in [0.29, 0.717) is 19.4 Å². The second kappa shape index (κ2) is 63.6. The SMILES string of the molecule is CCCCCCCCCCCC/C=C/C(O)C(CO)NC(=O)CCCCCCCCCCCCCCC/C=C\C/C=C\CCCCCCCCCCCOC(=O)CCCCCCCCCCCCCCCCCC. The molecule has 0 aromatic rings. The third-order valence-electron chi connectivity index (χ3n) is 15.4. The van der Waals surface area contributed by atoms with Crippen LogP contribution < -0.4 is 5.32 Å². The van der Waals surface area contributed by atoms with Gasteiger partial charge < -0.3 is 20.3 Å². The fourth-order valence-electron chi connectivity index (χ4n) is 10.3. The maximum atomic E-state index is 12.4. The molecule has 6 nitrogen and oxygen atoms in total. The van der Waals surface area contributed by atoms with Crippen molar-refractivity contribution < 1.29 is 24.5 Å². The zero-order chi connectivity index (χ0) is 53.6. The van der Waals surface area contributed by atoms with Crippen LogP contribution in [0.2, 0.25) is 0 Å². The van der Waals surface area contributed by atoms with Crippen molar-refractivity contribution in [2.24, 2.45) is 0 Å². The van der Waals surface area contributed by atoms with Gasteiger partial charge in [0.1, 0.15) is 0 Å². The minimum absolute atomic E-state index is 0.0153. The van der Waals surface area contributed by atoms with Gasteiger partial charge in [-0.25, -0.2) is 0 Å². The quantitative estimate of drug-likeness (QED) is 0.0320. The zero-order valence-corrected chi connectivity index (χ0v) is 49.8. The highest BCUT2D eigenvalue weighted by Crippen LogP contribution is 2.18. The molecule has 2 unspecified atom stereocenters. The number of aliphatic hydroxyl groups is 2. The van der Waals surface area contributed by atoms with Crippen molar-refractivity contribution >= 4 is 11.9 Å². The first-order chi connectivity index (χ1) is 36.5. The Bertz CT molecular complexity index is 1200. The first-order valence-corrected chi connectivity index (χ1v) is 33.3. The van der Waals surface area contributed by atoms with Gasteiger partial charge >= 0.3 is 5.97 Å². The molecule has 0 bridgehead atoms. The second-order valence-electron chi connectivity index (χ2n) is 22.8. The van der Waals surface area contributed by atoms with Gasteiger partial charge in [-0.3, -0.25) is 9.59 Å². The molecule has 0 saturated carbocycles. The molecule has 0 fully saturated rings. The molecule has 0 aliphatic rings. The molecule has 1 amide bonds. The van der Waals surface area contributed by atoms with Crippen LogP contribution >= 0.6 is 0 Å². The maximum Gasteiger partial charge on any atom is 0.305 e. The number of carbonyl (C=O) groups is 2. The van der Waals surface area contributed by atoms with E-state index < -0.39 is 12.1 Å². The summed E-state index contributed by atoms with van der Waals surface area (Å²) < 4.78 is 5.49.